The maximum atomic E-state index is 5.40. The summed E-state index contributed by atoms with van der Waals surface area (Å²) < 4.78 is 0. The molecule has 0 spiro atoms. The van der Waals surface area contributed by atoms with Crippen molar-refractivity contribution in [2.45, 2.75) is 38.6 Å². The average Bonchev–Trinajstić information content (AvgIpc) is 2.32. The summed E-state index contributed by atoms with van der Waals surface area (Å²) in [5.74, 6) is 3.44. The Morgan fingerprint density at radius 1 is 1.31 bits per heavy atom. The molecule has 0 bridgehead atoms. The molecule has 0 amide bonds. The van der Waals surface area contributed by atoms with Crippen molar-refractivity contribution < 1.29 is 0 Å². The lowest BCUT2D eigenvalue weighted by Gasteiger charge is -2.30. The maximum absolute atomic E-state index is 5.40. The summed E-state index contributed by atoms with van der Waals surface area (Å²) in [6, 6.07) is 8.76. The molecule has 1 aliphatic carbocycles. The number of rotatable bonds is 2. The van der Waals surface area contributed by atoms with Gasteiger partial charge in [-0.05, 0) is 37.0 Å². The van der Waals surface area contributed by atoms with Crippen LogP contribution in [0.25, 0.3) is 0 Å². The first-order valence-corrected chi connectivity index (χ1v) is 6.13. The van der Waals surface area contributed by atoms with Crippen LogP contribution in [0.1, 0.15) is 38.2 Å². The molecule has 1 saturated carbocycles. The van der Waals surface area contributed by atoms with Crippen molar-refractivity contribution in [2.24, 2.45) is 5.92 Å². The van der Waals surface area contributed by atoms with E-state index in [1.807, 2.05) is 12.1 Å². The number of hydrogen-bond donors (Lipinski definition) is 1. The quantitative estimate of drug-likeness (QED) is 0.739. The van der Waals surface area contributed by atoms with Crippen LogP contribution in [-0.2, 0) is 0 Å². The summed E-state index contributed by atoms with van der Waals surface area (Å²) in [6.45, 7) is 2.34. The average molecular weight is 213 g/mol. The van der Waals surface area contributed by atoms with Crippen LogP contribution in [0.3, 0.4) is 0 Å². The minimum absolute atomic E-state index is 0.613. The zero-order chi connectivity index (χ0) is 11.4. The lowest BCUT2D eigenvalue weighted by Crippen LogP contribution is -2.30. The Kier molecular flexibility index (Phi) is 3.51. The highest BCUT2D eigenvalue weighted by atomic mass is 14.9. The van der Waals surface area contributed by atoms with Gasteiger partial charge in [-0.2, -0.15) is 0 Å². The monoisotopic (exact) mass is 213 g/mol. The summed E-state index contributed by atoms with van der Waals surface area (Å²) in [6.07, 6.45) is 10.7. The summed E-state index contributed by atoms with van der Waals surface area (Å²) in [5, 5.41) is 3.61. The summed E-state index contributed by atoms with van der Waals surface area (Å²) in [7, 11) is 0. The van der Waals surface area contributed by atoms with Gasteiger partial charge in [0.25, 0.3) is 0 Å². The molecule has 84 valence electrons. The molecule has 1 aromatic carbocycles. The van der Waals surface area contributed by atoms with E-state index in [2.05, 4.69) is 30.3 Å². The summed E-state index contributed by atoms with van der Waals surface area (Å²) >= 11 is 0. The van der Waals surface area contributed by atoms with Crippen molar-refractivity contribution in [1.82, 2.24) is 0 Å². The minimum atomic E-state index is 0.613. The number of nitrogens with one attached hydrogen (secondary N) is 1. The first-order valence-electron chi connectivity index (χ1n) is 6.13. The third-order valence-corrected chi connectivity index (χ3v) is 3.49. The van der Waals surface area contributed by atoms with E-state index in [1.54, 1.807) is 0 Å². The molecule has 0 aromatic heterocycles. The van der Waals surface area contributed by atoms with Gasteiger partial charge in [0, 0.05) is 17.3 Å². The molecule has 16 heavy (non-hydrogen) atoms. The lowest BCUT2D eigenvalue weighted by atomic mass is 9.86. The van der Waals surface area contributed by atoms with E-state index >= 15 is 0 Å². The van der Waals surface area contributed by atoms with Crippen LogP contribution in [0.2, 0.25) is 0 Å². The Morgan fingerprint density at radius 3 is 2.88 bits per heavy atom. The van der Waals surface area contributed by atoms with Crippen molar-refractivity contribution in [3.8, 4) is 12.3 Å². The van der Waals surface area contributed by atoms with Gasteiger partial charge >= 0.3 is 0 Å². The summed E-state index contributed by atoms with van der Waals surface area (Å²) in [5.41, 5.74) is 2.11. The normalized spacial score (nSPS) is 24.8. The third kappa shape index (κ3) is 2.58. The smallest absolute Gasteiger partial charge is 0.0354 e. The molecule has 1 heteroatoms. The van der Waals surface area contributed by atoms with Crippen LogP contribution < -0.4 is 5.32 Å². The minimum Gasteiger partial charge on any atom is -0.382 e. The number of benzene rings is 1. The van der Waals surface area contributed by atoms with E-state index in [9.17, 15) is 0 Å². The van der Waals surface area contributed by atoms with Gasteiger partial charge in [0.15, 0.2) is 0 Å². The Balaban J connectivity index is 2.05. The van der Waals surface area contributed by atoms with Crippen molar-refractivity contribution in [3.63, 3.8) is 0 Å². The maximum Gasteiger partial charge on any atom is 0.0354 e. The standard InChI is InChI=1S/C15H19N/c1-3-13-8-6-9-14(11-13)16-15-10-5-4-7-12(15)2/h1,6,8-9,11-12,15-16H,4-5,7,10H2,2H3. The molecule has 1 aromatic rings. The fraction of sp³-hybridized carbons (Fsp3) is 0.467. The predicted molar refractivity (Wildman–Crippen MR) is 69.4 cm³/mol. The van der Waals surface area contributed by atoms with E-state index in [-0.39, 0.29) is 0 Å². The van der Waals surface area contributed by atoms with Crippen LogP contribution in [-0.4, -0.2) is 6.04 Å². The van der Waals surface area contributed by atoms with Gasteiger partial charge in [0.2, 0.25) is 0 Å². The molecule has 0 heterocycles. The second-order valence-corrected chi connectivity index (χ2v) is 4.74. The number of anilines is 1. The van der Waals surface area contributed by atoms with E-state index in [0.717, 1.165) is 17.2 Å². The highest BCUT2D eigenvalue weighted by Crippen LogP contribution is 2.26. The topological polar surface area (TPSA) is 12.0 Å². The Labute approximate surface area is 98.3 Å². The summed E-state index contributed by atoms with van der Waals surface area (Å²) in [4.78, 5) is 0. The Hall–Kier alpha value is -1.42. The molecule has 1 nitrogen and oxygen atoms in total. The van der Waals surface area contributed by atoms with Gasteiger partial charge in [-0.15, -0.1) is 6.42 Å². The highest BCUT2D eigenvalue weighted by molar-refractivity contribution is 5.50. The van der Waals surface area contributed by atoms with Crippen LogP contribution >= 0.6 is 0 Å². The van der Waals surface area contributed by atoms with E-state index < -0.39 is 0 Å². The van der Waals surface area contributed by atoms with E-state index in [1.165, 1.54) is 25.7 Å². The molecule has 2 atom stereocenters. The van der Waals surface area contributed by atoms with E-state index in [4.69, 9.17) is 6.42 Å². The Morgan fingerprint density at radius 2 is 2.12 bits per heavy atom. The molecular formula is C15H19N. The third-order valence-electron chi connectivity index (χ3n) is 3.49. The number of terminal acetylenes is 1. The number of hydrogen-bond acceptors (Lipinski definition) is 1. The van der Waals surface area contributed by atoms with E-state index in [0.29, 0.717) is 6.04 Å². The van der Waals surface area contributed by atoms with Gasteiger partial charge in [-0.25, -0.2) is 0 Å². The van der Waals surface area contributed by atoms with Gasteiger partial charge < -0.3 is 5.32 Å². The second-order valence-electron chi connectivity index (χ2n) is 4.74. The molecule has 1 fully saturated rings. The molecule has 1 N–H and O–H groups in total. The fourth-order valence-electron chi connectivity index (χ4n) is 2.44. The highest BCUT2D eigenvalue weighted by Gasteiger charge is 2.20. The van der Waals surface area contributed by atoms with Crippen LogP contribution in [0.5, 0.6) is 0 Å². The lowest BCUT2D eigenvalue weighted by molar-refractivity contribution is 0.349. The van der Waals surface area contributed by atoms with Gasteiger partial charge in [0.1, 0.15) is 0 Å². The van der Waals surface area contributed by atoms with Crippen LogP contribution in [0.15, 0.2) is 24.3 Å². The van der Waals surface area contributed by atoms with Crippen LogP contribution in [0.4, 0.5) is 5.69 Å². The predicted octanol–water partition coefficient (Wildman–Crippen LogP) is 3.66. The van der Waals surface area contributed by atoms with Gasteiger partial charge in [-0.3, -0.25) is 0 Å². The molecule has 2 rings (SSSR count). The van der Waals surface area contributed by atoms with Gasteiger partial charge in [0.05, 0.1) is 0 Å². The van der Waals surface area contributed by atoms with Crippen molar-refractivity contribution >= 4 is 5.69 Å². The SMILES string of the molecule is C#Cc1cccc(NC2CCCCC2C)c1. The van der Waals surface area contributed by atoms with Crippen molar-refractivity contribution in [3.05, 3.63) is 29.8 Å². The van der Waals surface area contributed by atoms with Gasteiger partial charge in [-0.1, -0.05) is 31.8 Å². The zero-order valence-corrected chi connectivity index (χ0v) is 9.87. The largest absolute Gasteiger partial charge is 0.382 e. The fourth-order valence-corrected chi connectivity index (χ4v) is 2.44. The molecular weight excluding hydrogens is 194 g/mol. The van der Waals surface area contributed by atoms with Crippen molar-refractivity contribution in [2.75, 3.05) is 5.32 Å². The molecule has 0 saturated heterocycles. The van der Waals surface area contributed by atoms with Crippen LogP contribution in [0, 0.1) is 18.3 Å². The Bertz CT molecular complexity index is 389. The first-order chi connectivity index (χ1) is 7.79. The molecule has 0 radical (unpaired) electrons. The first kappa shape index (κ1) is 11.1. The molecule has 0 aliphatic heterocycles. The van der Waals surface area contributed by atoms with Crippen molar-refractivity contribution in [1.29, 1.82) is 0 Å². The zero-order valence-electron chi connectivity index (χ0n) is 9.87. The molecule has 1 aliphatic rings. The second kappa shape index (κ2) is 5.07. The molecule has 2 unspecified atom stereocenters.